The summed E-state index contributed by atoms with van der Waals surface area (Å²) < 4.78 is 5.54. The predicted octanol–water partition coefficient (Wildman–Crippen LogP) is 4.79. The van der Waals surface area contributed by atoms with Crippen LogP contribution in [0.5, 0.6) is 5.75 Å². The van der Waals surface area contributed by atoms with Crippen LogP contribution in [0.1, 0.15) is 44.7 Å². The average molecular weight is 450 g/mol. The number of rotatable bonds is 12. The van der Waals surface area contributed by atoms with Crippen LogP contribution in [-0.2, 0) is 22.6 Å². The fourth-order valence-corrected chi connectivity index (χ4v) is 4.01. The number of carbonyl (C=O) groups is 2. The standard InChI is InChI=1S/C27H35N3O3/c1-4-16-29(26(31)5-2)20-27(32)30(19-21-11-13-23(14-12-21)33-6-3)17-15-22-18-28-25-10-8-7-9-24(22)25/h7-14,18,28H,4-6,15-17,19-20H2,1-3H3. The molecule has 0 aliphatic heterocycles. The van der Waals surface area contributed by atoms with Crippen molar-refractivity contribution in [2.24, 2.45) is 0 Å². The quantitative estimate of drug-likeness (QED) is 0.432. The fraction of sp³-hybridized carbons (Fsp3) is 0.407. The van der Waals surface area contributed by atoms with Crippen molar-refractivity contribution in [2.45, 2.75) is 46.6 Å². The van der Waals surface area contributed by atoms with Crippen LogP contribution in [0.2, 0.25) is 0 Å². The molecule has 0 fully saturated rings. The summed E-state index contributed by atoms with van der Waals surface area (Å²) in [6, 6.07) is 16.1. The number of hydrogen-bond donors (Lipinski definition) is 1. The van der Waals surface area contributed by atoms with Crippen LogP contribution in [0.25, 0.3) is 10.9 Å². The lowest BCUT2D eigenvalue weighted by Gasteiger charge is -2.27. The summed E-state index contributed by atoms with van der Waals surface area (Å²) in [6.45, 7) is 8.22. The molecule has 1 heterocycles. The van der Waals surface area contributed by atoms with Gasteiger partial charge in [0.05, 0.1) is 13.2 Å². The third-order valence-electron chi connectivity index (χ3n) is 5.76. The van der Waals surface area contributed by atoms with Gasteiger partial charge in [0.15, 0.2) is 0 Å². The average Bonchev–Trinajstić information content (AvgIpc) is 3.25. The summed E-state index contributed by atoms with van der Waals surface area (Å²) in [6.07, 6.45) is 3.99. The zero-order valence-electron chi connectivity index (χ0n) is 20.0. The SMILES string of the molecule is CCCN(CC(=O)N(CCc1c[nH]c2ccccc12)Cc1ccc(OCC)cc1)C(=O)CC. The Kier molecular flexibility index (Phi) is 8.93. The molecule has 0 saturated carbocycles. The van der Waals surface area contributed by atoms with Crippen molar-refractivity contribution in [3.05, 3.63) is 65.9 Å². The minimum Gasteiger partial charge on any atom is -0.494 e. The highest BCUT2D eigenvalue weighted by Crippen LogP contribution is 2.19. The fourth-order valence-electron chi connectivity index (χ4n) is 4.01. The second-order valence-electron chi connectivity index (χ2n) is 8.17. The summed E-state index contributed by atoms with van der Waals surface area (Å²) in [5, 5.41) is 1.18. The van der Waals surface area contributed by atoms with E-state index in [1.807, 2.05) is 68.3 Å². The molecule has 2 amide bonds. The second kappa shape index (κ2) is 12.1. The molecule has 2 aromatic carbocycles. The maximum Gasteiger partial charge on any atom is 0.242 e. The number of carbonyl (C=O) groups excluding carboxylic acids is 2. The summed E-state index contributed by atoms with van der Waals surface area (Å²) in [7, 11) is 0. The molecule has 0 atom stereocenters. The topological polar surface area (TPSA) is 65.6 Å². The van der Waals surface area contributed by atoms with Crippen LogP contribution in [0, 0.1) is 0 Å². The van der Waals surface area contributed by atoms with E-state index >= 15 is 0 Å². The van der Waals surface area contributed by atoms with Gasteiger partial charge in [0, 0.05) is 43.2 Å². The monoisotopic (exact) mass is 449 g/mol. The molecule has 0 bridgehead atoms. The van der Waals surface area contributed by atoms with E-state index in [2.05, 4.69) is 17.1 Å². The van der Waals surface area contributed by atoms with Gasteiger partial charge in [-0.3, -0.25) is 9.59 Å². The van der Waals surface area contributed by atoms with E-state index in [4.69, 9.17) is 4.74 Å². The third-order valence-corrected chi connectivity index (χ3v) is 5.76. The van der Waals surface area contributed by atoms with Gasteiger partial charge >= 0.3 is 0 Å². The maximum absolute atomic E-state index is 13.3. The van der Waals surface area contributed by atoms with Crippen LogP contribution in [-0.4, -0.2) is 52.8 Å². The number of ether oxygens (including phenoxy) is 1. The molecule has 0 saturated heterocycles. The molecule has 0 aliphatic carbocycles. The molecule has 6 heteroatoms. The second-order valence-corrected chi connectivity index (χ2v) is 8.17. The summed E-state index contributed by atoms with van der Waals surface area (Å²) >= 11 is 0. The first-order chi connectivity index (χ1) is 16.0. The summed E-state index contributed by atoms with van der Waals surface area (Å²) in [4.78, 5) is 32.5. The summed E-state index contributed by atoms with van der Waals surface area (Å²) in [5.41, 5.74) is 3.32. The molecule has 0 aliphatic rings. The van der Waals surface area contributed by atoms with Crippen molar-refractivity contribution >= 4 is 22.7 Å². The molecule has 6 nitrogen and oxygen atoms in total. The molecular weight excluding hydrogens is 414 g/mol. The van der Waals surface area contributed by atoms with Gasteiger partial charge in [-0.15, -0.1) is 0 Å². The highest BCUT2D eigenvalue weighted by Gasteiger charge is 2.20. The van der Waals surface area contributed by atoms with Crippen LogP contribution in [0.3, 0.4) is 0 Å². The Bertz CT molecular complexity index is 1040. The highest BCUT2D eigenvalue weighted by atomic mass is 16.5. The molecule has 176 valence electrons. The van der Waals surface area contributed by atoms with Crippen molar-refractivity contribution in [1.29, 1.82) is 0 Å². The number of benzene rings is 2. The molecule has 0 radical (unpaired) electrons. The number of aromatic nitrogens is 1. The van der Waals surface area contributed by atoms with E-state index in [9.17, 15) is 9.59 Å². The van der Waals surface area contributed by atoms with E-state index < -0.39 is 0 Å². The molecule has 33 heavy (non-hydrogen) atoms. The van der Waals surface area contributed by atoms with Gasteiger partial charge < -0.3 is 19.5 Å². The summed E-state index contributed by atoms with van der Waals surface area (Å²) in [5.74, 6) is 0.808. The number of para-hydroxylation sites is 1. The Labute approximate surface area is 196 Å². The Morgan fingerprint density at radius 1 is 0.909 bits per heavy atom. The smallest absolute Gasteiger partial charge is 0.242 e. The number of amides is 2. The van der Waals surface area contributed by atoms with Crippen molar-refractivity contribution in [3.8, 4) is 5.75 Å². The van der Waals surface area contributed by atoms with E-state index in [0.29, 0.717) is 32.7 Å². The van der Waals surface area contributed by atoms with E-state index in [1.165, 1.54) is 10.9 Å². The lowest BCUT2D eigenvalue weighted by molar-refractivity contribution is -0.140. The normalized spacial score (nSPS) is 10.9. The van der Waals surface area contributed by atoms with Crippen LogP contribution in [0.4, 0.5) is 0 Å². The minimum absolute atomic E-state index is 0.0165. The largest absolute Gasteiger partial charge is 0.494 e. The first kappa shape index (κ1) is 24.4. The zero-order chi connectivity index (χ0) is 23.6. The van der Waals surface area contributed by atoms with E-state index in [1.54, 1.807) is 4.90 Å². The molecular formula is C27H35N3O3. The lowest BCUT2D eigenvalue weighted by Crippen LogP contribution is -2.43. The Hall–Kier alpha value is -3.28. The first-order valence-electron chi connectivity index (χ1n) is 11.9. The van der Waals surface area contributed by atoms with Crippen molar-refractivity contribution < 1.29 is 14.3 Å². The first-order valence-corrected chi connectivity index (χ1v) is 11.9. The van der Waals surface area contributed by atoms with E-state index in [-0.39, 0.29) is 18.4 Å². The molecule has 3 aromatic rings. The Morgan fingerprint density at radius 3 is 2.36 bits per heavy atom. The van der Waals surface area contributed by atoms with E-state index in [0.717, 1.165) is 29.7 Å². The molecule has 0 spiro atoms. The van der Waals surface area contributed by atoms with Gasteiger partial charge in [0.2, 0.25) is 11.8 Å². The third kappa shape index (κ3) is 6.60. The Balaban J connectivity index is 1.76. The number of hydrogen-bond acceptors (Lipinski definition) is 3. The maximum atomic E-state index is 13.3. The van der Waals surface area contributed by atoms with Crippen LogP contribution >= 0.6 is 0 Å². The number of H-pyrrole nitrogens is 1. The van der Waals surface area contributed by atoms with Gasteiger partial charge in [-0.2, -0.15) is 0 Å². The lowest BCUT2D eigenvalue weighted by atomic mass is 10.1. The van der Waals surface area contributed by atoms with Gasteiger partial charge in [-0.25, -0.2) is 0 Å². The van der Waals surface area contributed by atoms with Gasteiger partial charge in [-0.1, -0.05) is 44.2 Å². The minimum atomic E-state index is -0.0287. The van der Waals surface area contributed by atoms with Crippen molar-refractivity contribution in [1.82, 2.24) is 14.8 Å². The van der Waals surface area contributed by atoms with Gasteiger partial charge in [-0.05, 0) is 49.1 Å². The number of nitrogens with zero attached hydrogens (tertiary/aromatic N) is 2. The highest BCUT2D eigenvalue weighted by molar-refractivity contribution is 5.85. The van der Waals surface area contributed by atoms with Crippen molar-refractivity contribution in [2.75, 3.05) is 26.2 Å². The predicted molar refractivity (Wildman–Crippen MR) is 132 cm³/mol. The number of aromatic amines is 1. The van der Waals surface area contributed by atoms with Gasteiger partial charge in [0.25, 0.3) is 0 Å². The van der Waals surface area contributed by atoms with Crippen LogP contribution in [0.15, 0.2) is 54.7 Å². The zero-order valence-corrected chi connectivity index (χ0v) is 20.0. The van der Waals surface area contributed by atoms with Crippen molar-refractivity contribution in [3.63, 3.8) is 0 Å². The number of nitrogens with one attached hydrogen (secondary N) is 1. The molecule has 1 aromatic heterocycles. The molecule has 1 N–H and O–H groups in total. The van der Waals surface area contributed by atoms with Crippen LogP contribution < -0.4 is 4.74 Å². The number of fused-ring (bicyclic) bond motifs is 1. The Morgan fingerprint density at radius 2 is 1.67 bits per heavy atom. The molecule has 0 unspecified atom stereocenters. The van der Waals surface area contributed by atoms with Gasteiger partial charge in [0.1, 0.15) is 5.75 Å². The molecule has 3 rings (SSSR count).